The molecule has 2 aromatic rings. The third-order valence-corrected chi connectivity index (χ3v) is 4.50. The number of benzene rings is 1. The summed E-state index contributed by atoms with van der Waals surface area (Å²) in [6.07, 6.45) is 16.5. The molecule has 0 aliphatic carbocycles. The molecule has 0 spiro atoms. The second kappa shape index (κ2) is 12.4. The first-order chi connectivity index (χ1) is 12.8. The molecule has 0 aliphatic rings. The lowest BCUT2D eigenvalue weighted by Gasteiger charge is -2.06. The molecule has 0 amide bonds. The van der Waals surface area contributed by atoms with Crippen molar-refractivity contribution in [2.75, 3.05) is 6.61 Å². The van der Waals surface area contributed by atoms with Crippen molar-refractivity contribution in [3.8, 4) is 17.1 Å². The van der Waals surface area contributed by atoms with Gasteiger partial charge in [0, 0.05) is 5.56 Å². The van der Waals surface area contributed by atoms with Crippen LogP contribution < -0.4 is 4.74 Å². The average molecular weight is 359 g/mol. The van der Waals surface area contributed by atoms with Crippen LogP contribution in [0, 0.1) is 5.82 Å². The van der Waals surface area contributed by atoms with Crippen molar-refractivity contribution >= 4 is 0 Å². The first kappa shape index (κ1) is 20.3. The van der Waals surface area contributed by atoms with Gasteiger partial charge in [-0.25, -0.2) is 14.4 Å². The Labute approximate surface area is 157 Å². The fourth-order valence-corrected chi connectivity index (χ4v) is 2.92. The molecular weight excluding hydrogens is 327 g/mol. The molecule has 0 bridgehead atoms. The molecule has 0 atom stereocenters. The number of aromatic nitrogens is 2. The van der Waals surface area contributed by atoms with Gasteiger partial charge in [0.15, 0.2) is 11.6 Å². The van der Waals surface area contributed by atoms with Crippen LogP contribution in [0.5, 0.6) is 5.75 Å². The lowest BCUT2D eigenvalue weighted by atomic mass is 10.1. The highest BCUT2D eigenvalue weighted by atomic mass is 19.1. The number of unbranched alkanes of at least 4 members (excludes halogenated alkanes) is 9. The molecule has 4 heteroatoms. The van der Waals surface area contributed by atoms with Gasteiger partial charge >= 0.3 is 0 Å². The molecule has 0 unspecified atom stereocenters. The normalized spacial score (nSPS) is 10.8. The summed E-state index contributed by atoms with van der Waals surface area (Å²) in [6.45, 7) is 2.96. The minimum atomic E-state index is -0.259. The number of nitrogens with zero attached hydrogens (tertiary/aromatic N) is 2. The summed E-state index contributed by atoms with van der Waals surface area (Å²) in [5.74, 6) is 1.01. The molecule has 0 saturated carbocycles. The molecule has 0 fully saturated rings. The van der Waals surface area contributed by atoms with Crippen molar-refractivity contribution in [3.05, 3.63) is 42.5 Å². The van der Waals surface area contributed by atoms with E-state index in [1.807, 2.05) is 0 Å². The minimum Gasteiger partial charge on any atom is -0.490 e. The molecule has 0 N–H and O–H groups in total. The van der Waals surface area contributed by atoms with Crippen LogP contribution in [0.2, 0.25) is 0 Å². The standard InChI is InChI=1S/C22H31FN2O/c1-2-3-4-5-6-7-8-9-10-11-16-26-21-17-24-22(25-18-21)19-12-14-20(23)15-13-19/h12-15,17-18H,2-11,16H2,1H3. The predicted molar refractivity (Wildman–Crippen MR) is 105 cm³/mol. The molecule has 3 nitrogen and oxygen atoms in total. The van der Waals surface area contributed by atoms with Crippen molar-refractivity contribution in [2.24, 2.45) is 0 Å². The predicted octanol–water partition coefficient (Wildman–Crippen LogP) is 6.58. The highest BCUT2D eigenvalue weighted by molar-refractivity contribution is 5.54. The zero-order valence-electron chi connectivity index (χ0n) is 15.9. The van der Waals surface area contributed by atoms with Gasteiger partial charge in [0.1, 0.15) is 5.82 Å². The maximum atomic E-state index is 12.9. The number of hydrogen-bond acceptors (Lipinski definition) is 3. The van der Waals surface area contributed by atoms with Crippen LogP contribution >= 0.6 is 0 Å². The van der Waals surface area contributed by atoms with Gasteiger partial charge in [0.2, 0.25) is 0 Å². The molecule has 142 valence electrons. The number of halogens is 1. The summed E-state index contributed by atoms with van der Waals surface area (Å²) in [4.78, 5) is 8.58. The molecular formula is C22H31FN2O. The maximum Gasteiger partial charge on any atom is 0.159 e. The molecule has 26 heavy (non-hydrogen) atoms. The molecule has 0 radical (unpaired) electrons. The zero-order valence-corrected chi connectivity index (χ0v) is 15.9. The molecule has 1 aromatic carbocycles. The highest BCUT2D eigenvalue weighted by Gasteiger charge is 2.02. The Bertz CT molecular complexity index is 599. The Balaban J connectivity index is 1.54. The largest absolute Gasteiger partial charge is 0.490 e. The van der Waals surface area contributed by atoms with Crippen molar-refractivity contribution in [2.45, 2.75) is 71.1 Å². The van der Waals surface area contributed by atoms with Gasteiger partial charge in [-0.15, -0.1) is 0 Å². The van der Waals surface area contributed by atoms with Crippen LogP contribution in [-0.2, 0) is 0 Å². The second-order valence-electron chi connectivity index (χ2n) is 6.78. The van der Waals surface area contributed by atoms with E-state index in [9.17, 15) is 4.39 Å². The van der Waals surface area contributed by atoms with E-state index in [-0.39, 0.29) is 5.82 Å². The third-order valence-electron chi connectivity index (χ3n) is 4.50. The average Bonchev–Trinajstić information content (AvgIpc) is 2.67. The summed E-state index contributed by atoms with van der Waals surface area (Å²) in [6, 6.07) is 6.17. The van der Waals surface area contributed by atoms with E-state index in [1.165, 1.54) is 69.9 Å². The summed E-state index contributed by atoms with van der Waals surface area (Å²) in [5, 5.41) is 0. The number of rotatable bonds is 13. The van der Waals surface area contributed by atoms with Gasteiger partial charge < -0.3 is 4.74 Å². The van der Waals surface area contributed by atoms with Gasteiger partial charge in [-0.3, -0.25) is 0 Å². The summed E-state index contributed by atoms with van der Waals surface area (Å²) in [7, 11) is 0. The smallest absolute Gasteiger partial charge is 0.159 e. The fraction of sp³-hybridized carbons (Fsp3) is 0.545. The molecule has 0 aliphatic heterocycles. The first-order valence-corrected chi connectivity index (χ1v) is 10.0. The monoisotopic (exact) mass is 358 g/mol. The Morgan fingerprint density at radius 3 is 1.88 bits per heavy atom. The SMILES string of the molecule is CCCCCCCCCCCCOc1cnc(-c2ccc(F)cc2)nc1. The second-order valence-corrected chi connectivity index (χ2v) is 6.78. The van der Waals surface area contributed by atoms with Crippen LogP contribution in [0.4, 0.5) is 4.39 Å². The van der Waals surface area contributed by atoms with E-state index < -0.39 is 0 Å². The fourth-order valence-electron chi connectivity index (χ4n) is 2.92. The summed E-state index contributed by atoms with van der Waals surface area (Å²) >= 11 is 0. The van der Waals surface area contributed by atoms with E-state index in [4.69, 9.17) is 4.74 Å². The van der Waals surface area contributed by atoms with E-state index in [0.717, 1.165) is 12.0 Å². The molecule has 0 saturated heterocycles. The number of hydrogen-bond donors (Lipinski definition) is 0. The summed E-state index contributed by atoms with van der Waals surface area (Å²) in [5.41, 5.74) is 0.799. The Morgan fingerprint density at radius 2 is 1.31 bits per heavy atom. The first-order valence-electron chi connectivity index (χ1n) is 10.0. The minimum absolute atomic E-state index is 0.259. The zero-order chi connectivity index (χ0) is 18.5. The van der Waals surface area contributed by atoms with Gasteiger partial charge in [-0.1, -0.05) is 64.7 Å². The summed E-state index contributed by atoms with van der Waals surface area (Å²) < 4.78 is 18.6. The topological polar surface area (TPSA) is 35.0 Å². The van der Waals surface area contributed by atoms with Crippen LogP contribution in [-0.4, -0.2) is 16.6 Å². The van der Waals surface area contributed by atoms with Crippen molar-refractivity contribution in [3.63, 3.8) is 0 Å². The van der Waals surface area contributed by atoms with Crippen LogP contribution in [0.3, 0.4) is 0 Å². The van der Waals surface area contributed by atoms with E-state index in [1.54, 1.807) is 24.5 Å². The third kappa shape index (κ3) is 7.94. The molecule has 2 rings (SSSR count). The van der Waals surface area contributed by atoms with Gasteiger partial charge in [0.25, 0.3) is 0 Å². The van der Waals surface area contributed by atoms with Crippen molar-refractivity contribution in [1.82, 2.24) is 9.97 Å². The van der Waals surface area contributed by atoms with Crippen LogP contribution in [0.1, 0.15) is 71.1 Å². The van der Waals surface area contributed by atoms with Gasteiger partial charge in [-0.05, 0) is 30.7 Å². The Hall–Kier alpha value is -1.97. The lowest BCUT2D eigenvalue weighted by Crippen LogP contribution is -1.99. The molecule has 1 heterocycles. The Morgan fingerprint density at radius 1 is 0.769 bits per heavy atom. The van der Waals surface area contributed by atoms with E-state index in [2.05, 4.69) is 16.9 Å². The van der Waals surface area contributed by atoms with Gasteiger partial charge in [-0.2, -0.15) is 0 Å². The van der Waals surface area contributed by atoms with Gasteiger partial charge in [0.05, 0.1) is 19.0 Å². The maximum absolute atomic E-state index is 12.9. The van der Waals surface area contributed by atoms with Crippen molar-refractivity contribution < 1.29 is 9.13 Å². The quantitative estimate of drug-likeness (QED) is 0.379. The van der Waals surface area contributed by atoms with E-state index >= 15 is 0 Å². The van der Waals surface area contributed by atoms with Crippen LogP contribution in [0.25, 0.3) is 11.4 Å². The lowest BCUT2D eigenvalue weighted by molar-refractivity contribution is 0.302. The van der Waals surface area contributed by atoms with Crippen LogP contribution in [0.15, 0.2) is 36.7 Å². The van der Waals surface area contributed by atoms with Crippen molar-refractivity contribution in [1.29, 1.82) is 0 Å². The molecule has 1 aromatic heterocycles. The van der Waals surface area contributed by atoms with E-state index in [0.29, 0.717) is 18.2 Å². The highest BCUT2D eigenvalue weighted by Crippen LogP contribution is 2.17. The number of ether oxygens (including phenoxy) is 1. The Kier molecular flexibility index (Phi) is 9.70.